The predicted molar refractivity (Wildman–Crippen MR) is 97.0 cm³/mol. The number of hydrogen-bond donors (Lipinski definition) is 0. The summed E-state index contributed by atoms with van der Waals surface area (Å²) in [5, 5.41) is 0. The number of carbonyl (C=O) groups excluding carboxylic acids is 1. The Morgan fingerprint density at radius 2 is 2.08 bits per heavy atom. The van der Waals surface area contributed by atoms with E-state index in [0.717, 1.165) is 27.9 Å². The van der Waals surface area contributed by atoms with Crippen molar-refractivity contribution in [2.24, 2.45) is 4.99 Å². The van der Waals surface area contributed by atoms with Gasteiger partial charge in [-0.3, -0.25) is 9.98 Å². The first-order chi connectivity index (χ1) is 11.5. The fourth-order valence-corrected chi connectivity index (χ4v) is 3.22. The Morgan fingerprint density at radius 3 is 2.79 bits per heavy atom. The second kappa shape index (κ2) is 7.09. The highest BCUT2D eigenvalue weighted by molar-refractivity contribution is 9.10. The molecule has 1 unspecified atom stereocenters. The van der Waals surface area contributed by atoms with Crippen LogP contribution < -0.4 is 0 Å². The summed E-state index contributed by atoms with van der Waals surface area (Å²) < 4.78 is 6.72. The third-order valence-electron chi connectivity index (χ3n) is 3.88. The molecule has 0 fully saturated rings. The summed E-state index contributed by atoms with van der Waals surface area (Å²) in [4.78, 5) is 20.9. The average molecular weight is 385 g/mol. The molecule has 0 N–H and O–H groups in total. The van der Waals surface area contributed by atoms with Gasteiger partial charge in [-0.25, -0.2) is 4.79 Å². The molecule has 0 spiro atoms. The van der Waals surface area contributed by atoms with Gasteiger partial charge in [-0.1, -0.05) is 28.1 Å². The molecule has 122 valence electrons. The molecule has 1 atom stereocenters. The van der Waals surface area contributed by atoms with E-state index in [1.807, 2.05) is 32.0 Å². The normalized spacial score (nSPS) is 17.5. The van der Waals surface area contributed by atoms with Crippen molar-refractivity contribution in [3.05, 3.63) is 75.8 Å². The van der Waals surface area contributed by atoms with E-state index in [0.29, 0.717) is 11.3 Å². The van der Waals surface area contributed by atoms with Gasteiger partial charge in [0.25, 0.3) is 0 Å². The first-order valence-corrected chi connectivity index (χ1v) is 8.46. The third kappa shape index (κ3) is 3.62. The standard InChI is InChI=1S/C19H17BrN2O2/c1-12-9-17(14-5-3-7-16(20)10-14)18(13(2)22-12)24-19(23)15-6-4-8-21-11-15/h3-8,10-11,17H,9H2,1-2H3. The second-order valence-corrected chi connectivity index (χ2v) is 6.66. The number of carbonyl (C=O) groups is 1. The van der Waals surface area contributed by atoms with Gasteiger partial charge < -0.3 is 4.74 Å². The maximum absolute atomic E-state index is 12.4. The largest absolute Gasteiger partial charge is 0.425 e. The Kier molecular flexibility index (Phi) is 4.90. The van der Waals surface area contributed by atoms with E-state index in [-0.39, 0.29) is 5.92 Å². The Hall–Kier alpha value is -2.27. The topological polar surface area (TPSA) is 51.5 Å². The van der Waals surface area contributed by atoms with Crippen LogP contribution in [0.5, 0.6) is 0 Å². The highest BCUT2D eigenvalue weighted by atomic mass is 79.9. The van der Waals surface area contributed by atoms with Gasteiger partial charge in [0.05, 0.1) is 11.3 Å². The molecule has 1 aromatic carbocycles. The second-order valence-electron chi connectivity index (χ2n) is 5.74. The minimum absolute atomic E-state index is 0.0272. The number of halogens is 1. The van der Waals surface area contributed by atoms with E-state index in [4.69, 9.17) is 4.74 Å². The van der Waals surface area contributed by atoms with Gasteiger partial charge in [0.1, 0.15) is 5.76 Å². The molecule has 0 radical (unpaired) electrons. The molecule has 1 aromatic heterocycles. The SMILES string of the molecule is CC1=NC(C)=C(OC(=O)c2cccnc2)C(c2cccc(Br)c2)C1. The molecule has 0 saturated heterocycles. The highest BCUT2D eigenvalue weighted by Gasteiger charge is 2.28. The lowest BCUT2D eigenvalue weighted by atomic mass is 9.89. The van der Waals surface area contributed by atoms with Crippen molar-refractivity contribution in [3.8, 4) is 0 Å². The minimum atomic E-state index is -0.410. The predicted octanol–water partition coefficient (Wildman–Crippen LogP) is 4.88. The zero-order valence-corrected chi connectivity index (χ0v) is 15.1. The smallest absolute Gasteiger partial charge is 0.344 e. The molecule has 0 aliphatic carbocycles. The van der Waals surface area contributed by atoms with Crippen LogP contribution in [0.1, 0.15) is 42.1 Å². The summed E-state index contributed by atoms with van der Waals surface area (Å²) in [5.41, 5.74) is 3.28. The number of rotatable bonds is 3. The average Bonchev–Trinajstić information content (AvgIpc) is 2.57. The number of esters is 1. The molecule has 1 aliphatic rings. The summed E-state index contributed by atoms with van der Waals surface area (Å²) in [5.74, 6) is 0.167. The van der Waals surface area contributed by atoms with Crippen molar-refractivity contribution >= 4 is 27.6 Å². The molecule has 0 saturated carbocycles. The molecule has 5 heteroatoms. The number of nitrogens with zero attached hydrogens (tertiary/aromatic N) is 2. The Balaban J connectivity index is 1.95. The van der Waals surface area contributed by atoms with Crippen molar-refractivity contribution in [1.29, 1.82) is 0 Å². The van der Waals surface area contributed by atoms with Crippen molar-refractivity contribution in [3.63, 3.8) is 0 Å². The fraction of sp³-hybridized carbons (Fsp3) is 0.211. The van der Waals surface area contributed by atoms with E-state index in [9.17, 15) is 4.79 Å². The molecular weight excluding hydrogens is 368 g/mol. The molecule has 4 nitrogen and oxygen atoms in total. The number of allylic oxidation sites excluding steroid dienone is 2. The van der Waals surface area contributed by atoms with Crippen LogP contribution in [-0.2, 0) is 4.74 Å². The molecule has 0 amide bonds. The number of ether oxygens (including phenoxy) is 1. The van der Waals surface area contributed by atoms with Crippen LogP contribution in [0.2, 0.25) is 0 Å². The van der Waals surface area contributed by atoms with Gasteiger partial charge in [-0.2, -0.15) is 0 Å². The van der Waals surface area contributed by atoms with Crippen LogP contribution in [0, 0.1) is 0 Å². The van der Waals surface area contributed by atoms with Crippen molar-refractivity contribution < 1.29 is 9.53 Å². The first-order valence-electron chi connectivity index (χ1n) is 7.67. The maximum Gasteiger partial charge on any atom is 0.344 e. The first kappa shape index (κ1) is 16.6. The fourth-order valence-electron chi connectivity index (χ4n) is 2.81. The lowest BCUT2D eigenvalue weighted by molar-refractivity contribution is 0.0598. The lowest BCUT2D eigenvalue weighted by Crippen LogP contribution is -2.18. The van der Waals surface area contributed by atoms with Gasteiger partial charge in [0.15, 0.2) is 0 Å². The summed E-state index contributed by atoms with van der Waals surface area (Å²) in [6.45, 7) is 3.87. The lowest BCUT2D eigenvalue weighted by Gasteiger charge is -2.25. The highest BCUT2D eigenvalue weighted by Crippen LogP contribution is 2.36. The maximum atomic E-state index is 12.4. The van der Waals surface area contributed by atoms with Gasteiger partial charge in [0.2, 0.25) is 0 Å². The van der Waals surface area contributed by atoms with Crippen LogP contribution in [-0.4, -0.2) is 16.7 Å². The Bertz CT molecular complexity index is 828. The zero-order valence-electron chi connectivity index (χ0n) is 13.5. The summed E-state index contributed by atoms with van der Waals surface area (Å²) in [6, 6.07) is 11.5. The van der Waals surface area contributed by atoms with E-state index >= 15 is 0 Å². The zero-order chi connectivity index (χ0) is 17.1. The number of aliphatic imine (C=N–C) groups is 1. The number of aromatic nitrogens is 1. The van der Waals surface area contributed by atoms with Crippen LogP contribution in [0.25, 0.3) is 0 Å². The monoisotopic (exact) mass is 384 g/mol. The van der Waals surface area contributed by atoms with Gasteiger partial charge in [0, 0.05) is 28.5 Å². The van der Waals surface area contributed by atoms with E-state index < -0.39 is 5.97 Å². The number of pyridine rings is 1. The summed E-state index contributed by atoms with van der Waals surface area (Å²) in [6.07, 6.45) is 3.85. The number of hydrogen-bond acceptors (Lipinski definition) is 4. The Labute approximate surface area is 149 Å². The van der Waals surface area contributed by atoms with Gasteiger partial charge in [-0.05, 0) is 50.1 Å². The molecular formula is C19H17BrN2O2. The van der Waals surface area contributed by atoms with Crippen molar-refractivity contribution in [2.45, 2.75) is 26.2 Å². The van der Waals surface area contributed by atoms with E-state index in [2.05, 4.69) is 32.0 Å². The molecule has 2 aromatic rings. The molecule has 0 bridgehead atoms. The van der Waals surface area contributed by atoms with E-state index in [1.54, 1.807) is 18.3 Å². The number of benzene rings is 1. The van der Waals surface area contributed by atoms with Crippen LogP contribution in [0.4, 0.5) is 0 Å². The van der Waals surface area contributed by atoms with Gasteiger partial charge >= 0.3 is 5.97 Å². The molecule has 1 aliphatic heterocycles. The van der Waals surface area contributed by atoms with Crippen LogP contribution >= 0.6 is 15.9 Å². The van der Waals surface area contributed by atoms with Crippen molar-refractivity contribution in [2.75, 3.05) is 0 Å². The molecule has 24 heavy (non-hydrogen) atoms. The summed E-state index contributed by atoms with van der Waals surface area (Å²) in [7, 11) is 0. The summed E-state index contributed by atoms with van der Waals surface area (Å²) >= 11 is 3.50. The molecule has 2 heterocycles. The van der Waals surface area contributed by atoms with Crippen molar-refractivity contribution in [1.82, 2.24) is 4.98 Å². The van der Waals surface area contributed by atoms with E-state index in [1.165, 1.54) is 6.20 Å². The van der Waals surface area contributed by atoms with Gasteiger partial charge in [-0.15, -0.1) is 0 Å². The quantitative estimate of drug-likeness (QED) is 0.708. The third-order valence-corrected chi connectivity index (χ3v) is 4.38. The van der Waals surface area contributed by atoms with Crippen LogP contribution in [0.15, 0.2) is 69.7 Å². The molecule has 3 rings (SSSR count). The Morgan fingerprint density at radius 1 is 1.25 bits per heavy atom. The minimum Gasteiger partial charge on any atom is -0.425 e. The van der Waals surface area contributed by atoms with Crippen LogP contribution in [0.3, 0.4) is 0 Å².